The van der Waals surface area contributed by atoms with Gasteiger partial charge in [0.05, 0.1) is 19.8 Å². The highest BCUT2D eigenvalue weighted by atomic mass is 16.7. The summed E-state index contributed by atoms with van der Waals surface area (Å²) < 4.78 is 33.5. The Hall–Kier alpha value is -3.32. The molecule has 0 spiro atoms. The number of rotatable bonds is 41. The van der Waals surface area contributed by atoms with Crippen LogP contribution in [0.2, 0.25) is 0 Å². The van der Waals surface area contributed by atoms with E-state index in [9.17, 15) is 45.3 Å². The van der Waals surface area contributed by atoms with Crippen LogP contribution >= 0.6 is 0 Å². The molecule has 0 radical (unpaired) electrons. The van der Waals surface area contributed by atoms with Crippen molar-refractivity contribution in [2.24, 2.45) is 0 Å². The van der Waals surface area contributed by atoms with Crippen LogP contribution < -0.4 is 0 Å². The molecule has 0 saturated carbocycles. The normalized spacial score (nSPS) is 25.7. The summed E-state index contributed by atoms with van der Waals surface area (Å²) in [7, 11) is 0. The Bertz CT molecular complexity index is 1570. The summed E-state index contributed by atoms with van der Waals surface area (Å²) in [5, 5.41) is 72.2. The van der Waals surface area contributed by atoms with E-state index < -0.39 is 99.3 Å². The second-order valence-corrected chi connectivity index (χ2v) is 18.7. The van der Waals surface area contributed by atoms with Gasteiger partial charge in [-0.1, -0.05) is 157 Å². The van der Waals surface area contributed by atoms with Gasteiger partial charge in [0.1, 0.15) is 55.4 Å². The second-order valence-electron chi connectivity index (χ2n) is 18.7. The number of carbonyl (C=O) groups excluding carboxylic acids is 2. The van der Waals surface area contributed by atoms with Crippen LogP contribution in [0.5, 0.6) is 0 Å². The van der Waals surface area contributed by atoms with E-state index >= 15 is 0 Å². The van der Waals surface area contributed by atoms with Gasteiger partial charge in [0.25, 0.3) is 0 Å². The first-order valence-corrected chi connectivity index (χ1v) is 27.2. The predicted octanol–water partition coefficient (Wildman–Crippen LogP) is 8.38. The Morgan fingerprint density at radius 3 is 1.42 bits per heavy atom. The molecule has 2 fully saturated rings. The molecule has 7 N–H and O–H groups in total. The molecule has 15 nitrogen and oxygen atoms in total. The Morgan fingerprint density at radius 1 is 0.458 bits per heavy atom. The van der Waals surface area contributed by atoms with Crippen molar-refractivity contribution < 1.29 is 73.8 Å². The molecule has 0 amide bonds. The molecule has 15 heteroatoms. The van der Waals surface area contributed by atoms with Crippen molar-refractivity contribution in [1.29, 1.82) is 0 Å². The summed E-state index contributed by atoms with van der Waals surface area (Å²) in [5.74, 6) is -1.02. The van der Waals surface area contributed by atoms with Crippen molar-refractivity contribution in [3.05, 3.63) is 85.1 Å². The molecule has 2 aliphatic rings. The molecule has 4 unspecified atom stereocenters. The lowest BCUT2D eigenvalue weighted by Gasteiger charge is -2.42. The van der Waals surface area contributed by atoms with E-state index in [1.54, 1.807) is 0 Å². The maximum absolute atomic E-state index is 13.0. The van der Waals surface area contributed by atoms with Gasteiger partial charge in [-0.25, -0.2) is 0 Å². The number of aliphatic hydroxyl groups excluding tert-OH is 7. The van der Waals surface area contributed by atoms with Crippen molar-refractivity contribution in [1.82, 2.24) is 0 Å². The lowest BCUT2D eigenvalue weighted by molar-refractivity contribution is -0.332. The topological polar surface area (TPSA) is 231 Å². The standard InChI is InChI=1S/C57H94O15/c1-3-5-7-9-11-13-15-17-19-20-21-22-23-24-26-28-30-32-34-36-38-40-49(60)70-45(42-67-48(59)39-37-35-33-31-29-27-25-18-16-14-12-10-8-6-4-2)43-68-56-55(66)53(64)51(62)47(72-56)44-69-57-54(65)52(63)50(61)46(41-58)71-57/h6,8,12,14,18-20,22-23,25-26,28,32,34,45-47,50-58,61-66H,3-5,7,9-11,13,15-17,21,24,27,29-31,33,35-44H2,1-2H3/b8-6+,14-12+,20-19+,23-22+,25-18+,28-26+,34-32+/t45-,46+,47+,50-,51-,52?,53?,54?,55?,56+,57+/m1/s1. The smallest absolute Gasteiger partial charge is 0.306 e. The van der Waals surface area contributed by atoms with Gasteiger partial charge in [-0.3, -0.25) is 9.59 Å². The van der Waals surface area contributed by atoms with Crippen molar-refractivity contribution in [2.75, 3.05) is 26.4 Å². The van der Waals surface area contributed by atoms with E-state index in [1.165, 1.54) is 44.9 Å². The van der Waals surface area contributed by atoms with Crippen LogP contribution in [0, 0.1) is 0 Å². The Balaban J connectivity index is 1.82. The fourth-order valence-corrected chi connectivity index (χ4v) is 7.93. The number of aliphatic hydroxyl groups is 7. The number of allylic oxidation sites excluding steroid dienone is 14. The second kappa shape index (κ2) is 43.0. The number of unbranched alkanes of at least 4 members (excludes halogenated alkanes) is 13. The molecule has 2 aliphatic heterocycles. The van der Waals surface area contributed by atoms with E-state index in [1.807, 2.05) is 12.2 Å². The van der Waals surface area contributed by atoms with E-state index in [4.69, 9.17) is 28.4 Å². The van der Waals surface area contributed by atoms with Crippen molar-refractivity contribution in [2.45, 2.75) is 235 Å². The minimum absolute atomic E-state index is 0.0809. The zero-order valence-electron chi connectivity index (χ0n) is 43.6. The lowest BCUT2D eigenvalue weighted by Crippen LogP contribution is -2.61. The molecule has 2 saturated heterocycles. The Morgan fingerprint density at radius 2 is 0.889 bits per heavy atom. The van der Waals surface area contributed by atoms with Gasteiger partial charge < -0.3 is 64.2 Å². The molecular weight excluding hydrogens is 925 g/mol. The van der Waals surface area contributed by atoms with Crippen molar-refractivity contribution >= 4 is 11.9 Å². The van der Waals surface area contributed by atoms with Crippen LogP contribution in [0.3, 0.4) is 0 Å². The van der Waals surface area contributed by atoms with Crippen LogP contribution in [0.25, 0.3) is 0 Å². The highest BCUT2D eigenvalue weighted by Gasteiger charge is 2.47. The molecule has 72 heavy (non-hydrogen) atoms. The lowest BCUT2D eigenvalue weighted by atomic mass is 9.98. The molecule has 0 bridgehead atoms. The van der Waals surface area contributed by atoms with E-state index in [2.05, 4.69) is 86.8 Å². The monoisotopic (exact) mass is 1020 g/mol. The van der Waals surface area contributed by atoms with E-state index in [0.717, 1.165) is 77.0 Å². The van der Waals surface area contributed by atoms with Crippen LogP contribution in [-0.4, -0.2) is 142 Å². The van der Waals surface area contributed by atoms with E-state index in [0.29, 0.717) is 19.3 Å². The summed E-state index contributed by atoms with van der Waals surface area (Å²) in [4.78, 5) is 25.8. The molecular formula is C57H94O15. The van der Waals surface area contributed by atoms with Gasteiger partial charge in [0.2, 0.25) is 0 Å². The molecule has 0 aliphatic carbocycles. The SMILES string of the molecule is CC/C=C/C/C=C/C/C=C/CCCCCCCC(=O)OC[C@H](CO[C@H]1O[C@@H](CO[C@H]2O[C@@H](CO)[C@@H](O)C(O)C2O)[C@@H](O)C(O)C1O)OC(=O)CCC/C=C/C/C=C/C/C=C/C/C=C/CCCCCCCCC. The van der Waals surface area contributed by atoms with Crippen LogP contribution in [-0.2, 0) is 38.0 Å². The molecule has 0 aromatic heterocycles. The average Bonchev–Trinajstić information content (AvgIpc) is 3.37. The zero-order chi connectivity index (χ0) is 52.4. The summed E-state index contributed by atoms with van der Waals surface area (Å²) in [6, 6.07) is 0. The Labute approximate surface area is 431 Å². The maximum Gasteiger partial charge on any atom is 0.306 e. The number of ether oxygens (including phenoxy) is 6. The van der Waals surface area contributed by atoms with Gasteiger partial charge in [-0.15, -0.1) is 0 Å². The average molecular weight is 1020 g/mol. The summed E-state index contributed by atoms with van der Waals surface area (Å²) >= 11 is 0. The molecule has 412 valence electrons. The van der Waals surface area contributed by atoms with Gasteiger partial charge in [-0.2, -0.15) is 0 Å². The van der Waals surface area contributed by atoms with Gasteiger partial charge in [-0.05, 0) is 83.5 Å². The quantitative estimate of drug-likeness (QED) is 0.0173. The minimum Gasteiger partial charge on any atom is -0.462 e. The number of carbonyl (C=O) groups is 2. The van der Waals surface area contributed by atoms with Gasteiger partial charge >= 0.3 is 11.9 Å². The summed E-state index contributed by atoms with van der Waals surface area (Å²) in [5.41, 5.74) is 0. The first kappa shape index (κ1) is 64.8. The van der Waals surface area contributed by atoms with Crippen molar-refractivity contribution in [3.63, 3.8) is 0 Å². The molecule has 2 rings (SSSR count). The van der Waals surface area contributed by atoms with Crippen molar-refractivity contribution in [3.8, 4) is 0 Å². The Kier molecular flexibility index (Phi) is 38.7. The highest BCUT2D eigenvalue weighted by molar-refractivity contribution is 5.70. The fraction of sp³-hybridized carbons (Fsp3) is 0.719. The minimum atomic E-state index is -1.78. The first-order valence-electron chi connectivity index (χ1n) is 27.2. The number of hydrogen-bond donors (Lipinski definition) is 7. The van der Waals surface area contributed by atoms with Crippen LogP contribution in [0.15, 0.2) is 85.1 Å². The first-order chi connectivity index (χ1) is 35.0. The number of hydrogen-bond acceptors (Lipinski definition) is 15. The van der Waals surface area contributed by atoms with Gasteiger partial charge in [0.15, 0.2) is 18.7 Å². The molecule has 2 heterocycles. The fourth-order valence-electron chi connectivity index (χ4n) is 7.93. The summed E-state index contributed by atoms with van der Waals surface area (Å²) in [6.45, 7) is 2.39. The zero-order valence-corrected chi connectivity index (χ0v) is 43.6. The number of esters is 2. The maximum atomic E-state index is 13.0. The third-order valence-electron chi connectivity index (χ3n) is 12.4. The van der Waals surface area contributed by atoms with E-state index in [-0.39, 0.29) is 19.4 Å². The van der Waals surface area contributed by atoms with Crippen LogP contribution in [0.1, 0.15) is 168 Å². The molecule has 0 aromatic rings. The summed E-state index contributed by atoms with van der Waals surface area (Å²) in [6.07, 6.45) is 36.2. The molecule has 0 aromatic carbocycles. The third-order valence-corrected chi connectivity index (χ3v) is 12.4. The van der Waals surface area contributed by atoms with Crippen LogP contribution in [0.4, 0.5) is 0 Å². The third kappa shape index (κ3) is 30.1. The largest absolute Gasteiger partial charge is 0.462 e. The molecule has 11 atom stereocenters. The predicted molar refractivity (Wildman–Crippen MR) is 279 cm³/mol. The highest BCUT2D eigenvalue weighted by Crippen LogP contribution is 2.26. The van der Waals surface area contributed by atoms with Gasteiger partial charge in [0, 0.05) is 12.8 Å².